The van der Waals surface area contributed by atoms with Gasteiger partial charge in [0.2, 0.25) is 0 Å². The van der Waals surface area contributed by atoms with Gasteiger partial charge in [0.1, 0.15) is 5.75 Å². The number of ether oxygens (including phenoxy) is 1. The van der Waals surface area contributed by atoms with Gasteiger partial charge in [-0.05, 0) is 61.5 Å². The predicted molar refractivity (Wildman–Crippen MR) is 98.8 cm³/mol. The molecule has 4 nitrogen and oxygen atoms in total. The lowest BCUT2D eigenvalue weighted by Crippen LogP contribution is -2.31. The van der Waals surface area contributed by atoms with Crippen molar-refractivity contribution in [2.45, 2.75) is 26.5 Å². The van der Waals surface area contributed by atoms with E-state index in [1.807, 2.05) is 68.4 Å². The van der Waals surface area contributed by atoms with Crippen LogP contribution in [0.4, 0.5) is 0 Å². The summed E-state index contributed by atoms with van der Waals surface area (Å²) in [4.78, 5) is 0. The molecule has 0 radical (unpaired) electrons. The van der Waals surface area contributed by atoms with E-state index in [0.717, 1.165) is 11.3 Å². The second-order valence-electron chi connectivity index (χ2n) is 5.27. The lowest BCUT2D eigenvalue weighted by molar-refractivity contribution is 0.242. The van der Waals surface area contributed by atoms with Crippen LogP contribution in [0.25, 0.3) is 0 Å². The van der Waals surface area contributed by atoms with Crippen molar-refractivity contribution in [3.05, 3.63) is 65.7 Å². The van der Waals surface area contributed by atoms with Gasteiger partial charge in [-0.2, -0.15) is 5.10 Å². The molecule has 0 fully saturated rings. The highest BCUT2D eigenvalue weighted by molar-refractivity contribution is 7.80. The number of hydrogen-bond acceptors (Lipinski definition) is 3. The van der Waals surface area contributed by atoms with E-state index in [1.54, 1.807) is 6.21 Å². The molecule has 5 heteroatoms. The number of hydrazone groups is 1. The molecule has 120 valence electrons. The third-order valence-corrected chi connectivity index (χ3v) is 3.16. The first kappa shape index (κ1) is 17.0. The summed E-state index contributed by atoms with van der Waals surface area (Å²) in [6, 6.07) is 17.8. The van der Waals surface area contributed by atoms with Crippen LogP contribution < -0.4 is 15.5 Å². The van der Waals surface area contributed by atoms with E-state index in [2.05, 4.69) is 15.8 Å². The number of rotatable bonds is 6. The van der Waals surface area contributed by atoms with E-state index in [9.17, 15) is 0 Å². The Balaban J connectivity index is 1.76. The fourth-order valence-electron chi connectivity index (χ4n) is 1.89. The topological polar surface area (TPSA) is 45.6 Å². The average Bonchev–Trinajstić information content (AvgIpc) is 2.55. The number of hydrogen-bond donors (Lipinski definition) is 2. The van der Waals surface area contributed by atoms with Crippen LogP contribution in [0.5, 0.6) is 5.75 Å². The lowest BCUT2D eigenvalue weighted by Gasteiger charge is -2.09. The van der Waals surface area contributed by atoms with Crippen molar-refractivity contribution in [1.82, 2.24) is 10.7 Å². The van der Waals surface area contributed by atoms with Crippen molar-refractivity contribution in [2.75, 3.05) is 0 Å². The third-order valence-electron chi connectivity index (χ3n) is 2.93. The quantitative estimate of drug-likeness (QED) is 0.484. The lowest BCUT2D eigenvalue weighted by atomic mass is 10.2. The molecule has 0 spiro atoms. The number of thiocarbonyl (C=S) groups is 1. The van der Waals surface area contributed by atoms with Crippen LogP contribution in [0.3, 0.4) is 0 Å². The van der Waals surface area contributed by atoms with Gasteiger partial charge in [0, 0.05) is 6.54 Å². The van der Waals surface area contributed by atoms with Gasteiger partial charge in [-0.1, -0.05) is 30.3 Å². The third kappa shape index (κ3) is 6.48. The number of nitrogens with one attached hydrogen (secondary N) is 2. The van der Waals surface area contributed by atoms with Crippen LogP contribution in [-0.4, -0.2) is 17.4 Å². The zero-order chi connectivity index (χ0) is 16.5. The first-order valence-corrected chi connectivity index (χ1v) is 7.92. The summed E-state index contributed by atoms with van der Waals surface area (Å²) in [5, 5.41) is 7.72. The molecule has 0 atom stereocenters. The second kappa shape index (κ2) is 8.90. The highest BCUT2D eigenvalue weighted by Crippen LogP contribution is 2.12. The summed E-state index contributed by atoms with van der Waals surface area (Å²) >= 11 is 5.18. The highest BCUT2D eigenvalue weighted by atomic mass is 32.1. The summed E-state index contributed by atoms with van der Waals surface area (Å²) in [5.74, 6) is 0.852. The van der Waals surface area contributed by atoms with Crippen LogP contribution in [0.1, 0.15) is 25.0 Å². The number of nitrogens with zero attached hydrogens (tertiary/aromatic N) is 1. The fourth-order valence-corrected chi connectivity index (χ4v) is 2.01. The van der Waals surface area contributed by atoms with Gasteiger partial charge < -0.3 is 10.1 Å². The summed E-state index contributed by atoms with van der Waals surface area (Å²) in [6.45, 7) is 4.68. The van der Waals surface area contributed by atoms with Crippen LogP contribution in [0, 0.1) is 0 Å². The van der Waals surface area contributed by atoms with E-state index in [0.29, 0.717) is 11.7 Å². The molecule has 23 heavy (non-hydrogen) atoms. The summed E-state index contributed by atoms with van der Waals surface area (Å²) in [7, 11) is 0. The smallest absolute Gasteiger partial charge is 0.187 e. The summed E-state index contributed by atoms with van der Waals surface area (Å²) in [6.07, 6.45) is 1.89. The summed E-state index contributed by atoms with van der Waals surface area (Å²) < 4.78 is 5.59. The normalized spacial score (nSPS) is 10.7. The van der Waals surface area contributed by atoms with Crippen molar-refractivity contribution in [1.29, 1.82) is 0 Å². The fraction of sp³-hybridized carbons (Fsp3) is 0.222. The molecular weight excluding hydrogens is 306 g/mol. The Kier molecular flexibility index (Phi) is 6.56. The van der Waals surface area contributed by atoms with E-state index in [-0.39, 0.29) is 6.10 Å². The van der Waals surface area contributed by atoms with Crippen molar-refractivity contribution < 1.29 is 4.74 Å². The van der Waals surface area contributed by atoms with Crippen molar-refractivity contribution in [3.63, 3.8) is 0 Å². The van der Waals surface area contributed by atoms with E-state index >= 15 is 0 Å². The second-order valence-corrected chi connectivity index (χ2v) is 5.68. The van der Waals surface area contributed by atoms with Gasteiger partial charge in [0.25, 0.3) is 0 Å². The van der Waals surface area contributed by atoms with Gasteiger partial charge >= 0.3 is 0 Å². The van der Waals surface area contributed by atoms with Crippen molar-refractivity contribution in [3.8, 4) is 5.75 Å². The molecule has 2 N–H and O–H groups in total. The molecule has 0 unspecified atom stereocenters. The maximum atomic E-state index is 5.59. The van der Waals surface area contributed by atoms with Gasteiger partial charge in [-0.3, -0.25) is 5.43 Å². The highest BCUT2D eigenvalue weighted by Gasteiger charge is 1.97. The summed E-state index contributed by atoms with van der Waals surface area (Å²) in [5.41, 5.74) is 4.95. The van der Waals surface area contributed by atoms with E-state index in [4.69, 9.17) is 17.0 Å². The SMILES string of the molecule is CC(C)Oc1ccc(/C=N\NC(=S)NCc2ccccc2)cc1. The molecule has 0 amide bonds. The molecule has 2 aromatic rings. The molecule has 0 aliphatic carbocycles. The monoisotopic (exact) mass is 327 g/mol. The van der Waals surface area contributed by atoms with E-state index in [1.165, 1.54) is 5.56 Å². The Morgan fingerprint density at radius 1 is 1.13 bits per heavy atom. The predicted octanol–water partition coefficient (Wildman–Crippen LogP) is 3.47. The average molecular weight is 327 g/mol. The maximum Gasteiger partial charge on any atom is 0.187 e. The van der Waals surface area contributed by atoms with Crippen LogP contribution in [0.15, 0.2) is 59.7 Å². The molecule has 2 rings (SSSR count). The van der Waals surface area contributed by atoms with Gasteiger partial charge in [0.05, 0.1) is 12.3 Å². The maximum absolute atomic E-state index is 5.59. The molecule has 0 aromatic heterocycles. The molecule has 2 aromatic carbocycles. The van der Waals surface area contributed by atoms with Crippen molar-refractivity contribution >= 4 is 23.5 Å². The Morgan fingerprint density at radius 3 is 2.48 bits per heavy atom. The van der Waals surface area contributed by atoms with E-state index < -0.39 is 0 Å². The molecular formula is C18H21N3OS. The van der Waals surface area contributed by atoms with Crippen LogP contribution in [0.2, 0.25) is 0 Å². The molecule has 0 aliphatic heterocycles. The van der Waals surface area contributed by atoms with Crippen molar-refractivity contribution in [2.24, 2.45) is 5.10 Å². The zero-order valence-corrected chi connectivity index (χ0v) is 14.1. The Bertz CT molecular complexity index is 639. The molecule has 0 bridgehead atoms. The molecule has 0 aliphatic rings. The Morgan fingerprint density at radius 2 is 1.83 bits per heavy atom. The first-order valence-electron chi connectivity index (χ1n) is 7.51. The first-order chi connectivity index (χ1) is 11.1. The van der Waals surface area contributed by atoms with Crippen LogP contribution in [-0.2, 0) is 6.54 Å². The minimum Gasteiger partial charge on any atom is -0.491 e. The standard InChI is InChI=1S/C18H21N3OS/c1-14(2)22-17-10-8-16(9-11-17)13-20-21-18(23)19-12-15-6-4-3-5-7-15/h3-11,13-14H,12H2,1-2H3,(H2,19,21,23)/b20-13-. The van der Waals surface area contributed by atoms with Crippen LogP contribution >= 0.6 is 12.2 Å². The van der Waals surface area contributed by atoms with Gasteiger partial charge in [-0.25, -0.2) is 0 Å². The molecule has 0 heterocycles. The Hall–Kier alpha value is -2.40. The number of benzene rings is 2. The Labute approximate surface area is 142 Å². The van der Waals surface area contributed by atoms with Gasteiger partial charge in [-0.15, -0.1) is 0 Å². The zero-order valence-electron chi connectivity index (χ0n) is 13.3. The minimum atomic E-state index is 0.171. The van der Waals surface area contributed by atoms with Gasteiger partial charge in [0.15, 0.2) is 5.11 Å². The molecule has 0 saturated carbocycles. The largest absolute Gasteiger partial charge is 0.491 e. The molecule has 0 saturated heterocycles. The minimum absolute atomic E-state index is 0.171.